The second-order valence-corrected chi connectivity index (χ2v) is 8.42. The molecule has 0 aromatic heterocycles. The van der Waals surface area contributed by atoms with Crippen LogP contribution in [0.25, 0.3) is 0 Å². The molecular weight excluding hydrogens is 421 g/mol. The maximum atomic E-state index is 12.6. The molecule has 0 bridgehead atoms. The molecule has 1 aliphatic heterocycles. The van der Waals surface area contributed by atoms with Crippen molar-refractivity contribution in [3.63, 3.8) is 0 Å². The highest BCUT2D eigenvalue weighted by molar-refractivity contribution is 9.12. The zero-order valence-electron chi connectivity index (χ0n) is 11.4. The summed E-state index contributed by atoms with van der Waals surface area (Å²) in [5.74, 6) is -0.658. The highest BCUT2D eigenvalue weighted by Gasteiger charge is 2.52. The molecule has 21 heavy (non-hydrogen) atoms. The van der Waals surface area contributed by atoms with Crippen LogP contribution in [0.2, 0.25) is 5.02 Å². The third-order valence-corrected chi connectivity index (χ3v) is 7.47. The van der Waals surface area contributed by atoms with E-state index < -0.39 is 0 Å². The molecule has 1 aromatic rings. The van der Waals surface area contributed by atoms with Gasteiger partial charge in [-0.2, -0.15) is 0 Å². The standard InChI is InChI=1S/C15H14Br2ClNO2/c1-7-2-3-8(4-13(7)18)19-14(20)9-5-11(16)12(17)6-10(9)15(19)21/h2-4,9-12H,5-6H2,1H3. The summed E-state index contributed by atoms with van der Waals surface area (Å²) in [6.45, 7) is 1.89. The molecule has 0 N–H and O–H groups in total. The van der Waals surface area contributed by atoms with Crippen molar-refractivity contribution < 1.29 is 9.59 Å². The van der Waals surface area contributed by atoms with Crippen LogP contribution < -0.4 is 4.90 Å². The second kappa shape index (κ2) is 5.67. The Morgan fingerprint density at radius 3 is 2.10 bits per heavy atom. The van der Waals surface area contributed by atoms with Crippen LogP contribution in [0.15, 0.2) is 18.2 Å². The van der Waals surface area contributed by atoms with Crippen molar-refractivity contribution in [2.24, 2.45) is 11.8 Å². The lowest BCUT2D eigenvalue weighted by molar-refractivity contribution is -0.122. The molecule has 1 heterocycles. The van der Waals surface area contributed by atoms with Gasteiger partial charge in [-0.05, 0) is 37.5 Å². The highest BCUT2D eigenvalue weighted by Crippen LogP contribution is 2.44. The Labute approximate surface area is 145 Å². The normalized spacial score (nSPS) is 32.5. The van der Waals surface area contributed by atoms with Gasteiger partial charge in [-0.1, -0.05) is 49.5 Å². The third kappa shape index (κ3) is 2.57. The first kappa shape index (κ1) is 15.5. The molecular formula is C15H14Br2ClNO2. The van der Waals surface area contributed by atoms with Crippen LogP contribution in [0, 0.1) is 18.8 Å². The van der Waals surface area contributed by atoms with Crippen molar-refractivity contribution >= 4 is 61.0 Å². The quantitative estimate of drug-likeness (QED) is 0.493. The number of hydrogen-bond acceptors (Lipinski definition) is 2. The summed E-state index contributed by atoms with van der Waals surface area (Å²) in [5, 5.41) is 0.569. The monoisotopic (exact) mass is 433 g/mol. The largest absolute Gasteiger partial charge is 0.274 e. The minimum atomic E-state index is -0.226. The van der Waals surface area contributed by atoms with Crippen LogP contribution >= 0.6 is 43.5 Å². The van der Waals surface area contributed by atoms with E-state index in [2.05, 4.69) is 31.9 Å². The molecule has 1 aliphatic carbocycles. The molecule has 3 rings (SSSR count). The third-order valence-electron chi connectivity index (χ3n) is 4.33. The molecule has 1 aromatic carbocycles. The van der Waals surface area contributed by atoms with Gasteiger partial charge in [-0.15, -0.1) is 0 Å². The number of carbonyl (C=O) groups excluding carboxylic acids is 2. The maximum Gasteiger partial charge on any atom is 0.237 e. The minimum absolute atomic E-state index is 0.103. The molecule has 2 aliphatic rings. The van der Waals surface area contributed by atoms with Gasteiger partial charge < -0.3 is 0 Å². The first-order valence-corrected chi connectivity index (χ1v) is 9.03. The van der Waals surface area contributed by atoms with Gasteiger partial charge >= 0.3 is 0 Å². The van der Waals surface area contributed by atoms with Gasteiger partial charge in [-0.25, -0.2) is 0 Å². The summed E-state index contributed by atoms with van der Waals surface area (Å²) in [6.07, 6.45) is 1.36. The van der Waals surface area contributed by atoms with E-state index in [1.165, 1.54) is 4.90 Å². The van der Waals surface area contributed by atoms with E-state index in [1.807, 2.05) is 13.0 Å². The Balaban J connectivity index is 1.95. The zero-order valence-corrected chi connectivity index (χ0v) is 15.3. The molecule has 1 saturated carbocycles. The molecule has 3 nitrogen and oxygen atoms in total. The van der Waals surface area contributed by atoms with E-state index in [4.69, 9.17) is 11.6 Å². The average Bonchev–Trinajstić information content (AvgIpc) is 2.66. The molecule has 1 saturated heterocycles. The number of halogens is 3. The van der Waals surface area contributed by atoms with E-state index in [1.54, 1.807) is 12.1 Å². The summed E-state index contributed by atoms with van der Waals surface area (Å²) in [5.41, 5.74) is 1.50. The van der Waals surface area contributed by atoms with Crippen LogP contribution in [0.3, 0.4) is 0 Å². The summed E-state index contributed by atoms with van der Waals surface area (Å²) >= 11 is 13.3. The van der Waals surface area contributed by atoms with E-state index in [0.29, 0.717) is 23.6 Å². The zero-order chi connectivity index (χ0) is 15.3. The SMILES string of the molecule is Cc1ccc(N2C(=O)C3CC(Br)C(Br)CC3C2=O)cc1Cl. The molecule has 0 radical (unpaired) electrons. The van der Waals surface area contributed by atoms with Gasteiger partial charge in [0, 0.05) is 14.7 Å². The van der Waals surface area contributed by atoms with Crippen molar-refractivity contribution in [1.29, 1.82) is 0 Å². The Morgan fingerprint density at radius 2 is 1.62 bits per heavy atom. The summed E-state index contributed by atoms with van der Waals surface area (Å²) < 4.78 is 0. The number of imide groups is 1. The number of fused-ring (bicyclic) bond motifs is 1. The number of nitrogens with zero attached hydrogens (tertiary/aromatic N) is 1. The van der Waals surface area contributed by atoms with E-state index >= 15 is 0 Å². The fraction of sp³-hybridized carbons (Fsp3) is 0.467. The number of anilines is 1. The van der Waals surface area contributed by atoms with Gasteiger partial charge in [0.15, 0.2) is 0 Å². The topological polar surface area (TPSA) is 37.4 Å². The maximum absolute atomic E-state index is 12.6. The number of aryl methyl sites for hydroxylation is 1. The minimum Gasteiger partial charge on any atom is -0.274 e. The lowest BCUT2D eigenvalue weighted by atomic mass is 9.81. The van der Waals surface area contributed by atoms with Crippen molar-refractivity contribution in [1.82, 2.24) is 0 Å². The number of benzene rings is 1. The number of amides is 2. The number of rotatable bonds is 1. The van der Waals surface area contributed by atoms with Crippen molar-refractivity contribution in [2.75, 3.05) is 4.90 Å². The van der Waals surface area contributed by atoms with Gasteiger partial charge in [0.25, 0.3) is 0 Å². The van der Waals surface area contributed by atoms with Crippen LogP contribution in [0.1, 0.15) is 18.4 Å². The first-order chi connectivity index (χ1) is 9.90. The first-order valence-electron chi connectivity index (χ1n) is 6.82. The van der Waals surface area contributed by atoms with E-state index in [-0.39, 0.29) is 33.3 Å². The Morgan fingerprint density at radius 1 is 1.10 bits per heavy atom. The van der Waals surface area contributed by atoms with Gasteiger partial charge in [0.2, 0.25) is 11.8 Å². The lowest BCUT2D eigenvalue weighted by Gasteiger charge is -2.29. The smallest absolute Gasteiger partial charge is 0.237 e. The number of carbonyl (C=O) groups is 2. The predicted octanol–water partition coefficient (Wildman–Crippen LogP) is 4.07. The Kier molecular flexibility index (Phi) is 4.19. The average molecular weight is 436 g/mol. The fourth-order valence-corrected chi connectivity index (χ4v) is 4.48. The number of hydrogen-bond donors (Lipinski definition) is 0. The van der Waals surface area contributed by atoms with Crippen molar-refractivity contribution in [2.45, 2.75) is 29.4 Å². The van der Waals surface area contributed by atoms with Crippen LogP contribution in [0.5, 0.6) is 0 Å². The highest BCUT2D eigenvalue weighted by atomic mass is 79.9. The van der Waals surface area contributed by atoms with E-state index in [0.717, 1.165) is 5.56 Å². The lowest BCUT2D eigenvalue weighted by Crippen LogP contribution is -2.34. The van der Waals surface area contributed by atoms with Crippen LogP contribution in [-0.4, -0.2) is 21.5 Å². The van der Waals surface area contributed by atoms with Gasteiger partial charge in [0.1, 0.15) is 0 Å². The van der Waals surface area contributed by atoms with Crippen LogP contribution in [-0.2, 0) is 9.59 Å². The Hall–Kier alpha value is -0.390. The summed E-state index contributed by atoms with van der Waals surface area (Å²) in [4.78, 5) is 27.0. The van der Waals surface area contributed by atoms with Gasteiger partial charge in [0.05, 0.1) is 17.5 Å². The molecule has 112 valence electrons. The van der Waals surface area contributed by atoms with Crippen molar-refractivity contribution in [3.8, 4) is 0 Å². The molecule has 0 spiro atoms. The second-order valence-electron chi connectivity index (χ2n) is 5.66. The van der Waals surface area contributed by atoms with Gasteiger partial charge in [-0.3, -0.25) is 14.5 Å². The molecule has 6 heteroatoms. The summed E-state index contributed by atoms with van der Waals surface area (Å²) in [7, 11) is 0. The summed E-state index contributed by atoms with van der Waals surface area (Å²) in [6, 6.07) is 5.31. The molecule has 2 fully saturated rings. The van der Waals surface area contributed by atoms with Crippen molar-refractivity contribution in [3.05, 3.63) is 28.8 Å². The molecule has 4 unspecified atom stereocenters. The predicted molar refractivity (Wildman–Crippen MR) is 90.3 cm³/mol. The molecule has 2 amide bonds. The fourth-order valence-electron chi connectivity index (χ4n) is 3.07. The van der Waals surface area contributed by atoms with E-state index in [9.17, 15) is 9.59 Å². The van der Waals surface area contributed by atoms with Crippen LogP contribution in [0.4, 0.5) is 5.69 Å². The molecule has 4 atom stereocenters. The number of alkyl halides is 2. The Bertz CT molecular complexity index is 594.